The van der Waals surface area contributed by atoms with E-state index in [1.807, 2.05) is 42.2 Å². The van der Waals surface area contributed by atoms with Crippen molar-refractivity contribution in [2.45, 2.75) is 25.9 Å². The number of phenols is 1. The molecule has 0 saturated carbocycles. The lowest BCUT2D eigenvalue weighted by atomic mass is 10.0. The quantitative estimate of drug-likeness (QED) is 0.874. The van der Waals surface area contributed by atoms with Gasteiger partial charge in [0.15, 0.2) is 0 Å². The highest BCUT2D eigenvalue weighted by molar-refractivity contribution is 9.10. The maximum absolute atomic E-state index is 12.7. The molecule has 3 nitrogen and oxygen atoms in total. The van der Waals surface area contributed by atoms with Crippen molar-refractivity contribution in [2.24, 2.45) is 0 Å². The van der Waals surface area contributed by atoms with Gasteiger partial charge in [-0.05, 0) is 49.2 Å². The first kappa shape index (κ1) is 14.1. The molecule has 1 aliphatic rings. The van der Waals surface area contributed by atoms with Crippen molar-refractivity contribution in [1.82, 2.24) is 4.90 Å². The van der Waals surface area contributed by atoms with Crippen LogP contribution in [0.25, 0.3) is 0 Å². The predicted octanol–water partition coefficient (Wildman–Crippen LogP) is 4.43. The number of fused-ring (bicyclic) bond motifs is 1. The van der Waals surface area contributed by atoms with E-state index in [0.29, 0.717) is 0 Å². The lowest BCUT2D eigenvalue weighted by Gasteiger charge is -2.29. The molecular weight excluding hydrogens is 330 g/mol. The average Bonchev–Trinajstić information content (AvgIpc) is 2.70. The Morgan fingerprint density at radius 3 is 2.52 bits per heavy atom. The van der Waals surface area contributed by atoms with E-state index >= 15 is 0 Å². The molecule has 1 unspecified atom stereocenters. The summed E-state index contributed by atoms with van der Waals surface area (Å²) in [5.74, 6) is 0.290. The molecule has 0 saturated heterocycles. The summed E-state index contributed by atoms with van der Waals surface area (Å²) in [5.41, 5.74) is 2.84. The van der Waals surface area contributed by atoms with Crippen LogP contribution in [0, 0.1) is 0 Å². The van der Waals surface area contributed by atoms with Crippen molar-refractivity contribution < 1.29 is 9.90 Å². The molecule has 2 aromatic carbocycles. The predicted molar refractivity (Wildman–Crippen MR) is 85.2 cm³/mol. The Morgan fingerprint density at radius 2 is 1.86 bits per heavy atom. The summed E-state index contributed by atoms with van der Waals surface area (Å²) in [6, 6.07) is 12.9. The number of phenolic OH excluding ortho intramolecular Hbond substituents is 1. The summed E-state index contributed by atoms with van der Waals surface area (Å²) in [6.07, 6.45) is 0. The van der Waals surface area contributed by atoms with Gasteiger partial charge in [0.25, 0.3) is 5.91 Å². The second-order valence-electron chi connectivity index (χ2n) is 5.39. The molecule has 0 fully saturated rings. The van der Waals surface area contributed by atoms with Gasteiger partial charge in [-0.3, -0.25) is 4.79 Å². The third-order valence-corrected chi connectivity index (χ3v) is 4.63. The first-order chi connectivity index (χ1) is 9.99. The van der Waals surface area contributed by atoms with Crippen LogP contribution in [0.4, 0.5) is 0 Å². The normalized spacial score (nSPS) is 18.7. The number of rotatable bonds is 2. The number of hydrogen-bond acceptors (Lipinski definition) is 2. The number of carbonyl (C=O) groups excluding carboxylic acids is 1. The van der Waals surface area contributed by atoms with Crippen LogP contribution in [0.15, 0.2) is 46.9 Å². The van der Waals surface area contributed by atoms with Gasteiger partial charge < -0.3 is 10.0 Å². The summed E-state index contributed by atoms with van der Waals surface area (Å²) < 4.78 is 0.918. The molecule has 0 spiro atoms. The fourth-order valence-corrected chi connectivity index (χ4v) is 3.33. The van der Waals surface area contributed by atoms with Crippen LogP contribution in [0.2, 0.25) is 0 Å². The molecule has 0 bridgehead atoms. The average molecular weight is 346 g/mol. The van der Waals surface area contributed by atoms with E-state index in [-0.39, 0.29) is 23.7 Å². The molecule has 0 aliphatic carbocycles. The van der Waals surface area contributed by atoms with E-state index in [1.54, 1.807) is 12.1 Å². The number of aromatic hydroxyl groups is 1. The Morgan fingerprint density at radius 1 is 1.19 bits per heavy atom. The van der Waals surface area contributed by atoms with Gasteiger partial charge in [0, 0.05) is 10.0 Å². The summed E-state index contributed by atoms with van der Waals surface area (Å²) in [5, 5.41) is 9.39. The van der Waals surface area contributed by atoms with E-state index in [4.69, 9.17) is 0 Å². The second kappa shape index (κ2) is 5.19. The molecule has 21 heavy (non-hydrogen) atoms. The maximum atomic E-state index is 12.7. The molecule has 1 amide bonds. The van der Waals surface area contributed by atoms with Gasteiger partial charge in [0.05, 0.1) is 12.1 Å². The molecule has 0 radical (unpaired) electrons. The van der Waals surface area contributed by atoms with Crippen LogP contribution in [0.5, 0.6) is 5.75 Å². The van der Waals surface area contributed by atoms with Crippen LogP contribution in [-0.4, -0.2) is 15.9 Å². The minimum absolute atomic E-state index is 0.0423. The first-order valence-electron chi connectivity index (χ1n) is 6.90. The maximum Gasteiger partial charge on any atom is 0.255 e. The van der Waals surface area contributed by atoms with Crippen molar-refractivity contribution in [1.29, 1.82) is 0 Å². The topological polar surface area (TPSA) is 40.5 Å². The summed E-state index contributed by atoms with van der Waals surface area (Å²) in [7, 11) is 0. The Balaban J connectivity index is 1.97. The van der Waals surface area contributed by atoms with Crippen LogP contribution in [0.3, 0.4) is 0 Å². The summed E-state index contributed by atoms with van der Waals surface area (Å²) in [4.78, 5) is 14.6. The van der Waals surface area contributed by atoms with Gasteiger partial charge in [0.2, 0.25) is 0 Å². The highest BCUT2D eigenvalue weighted by Gasteiger charge is 2.37. The molecule has 1 heterocycles. The zero-order chi connectivity index (χ0) is 15.1. The molecule has 3 rings (SSSR count). The van der Waals surface area contributed by atoms with Gasteiger partial charge in [-0.15, -0.1) is 0 Å². The number of amides is 1. The van der Waals surface area contributed by atoms with Gasteiger partial charge in [-0.25, -0.2) is 0 Å². The molecule has 0 aromatic heterocycles. The van der Waals surface area contributed by atoms with Gasteiger partial charge in [-0.1, -0.05) is 34.1 Å². The number of halogens is 1. The molecule has 2 atom stereocenters. The Labute approximate surface area is 132 Å². The van der Waals surface area contributed by atoms with Crippen LogP contribution < -0.4 is 0 Å². The highest BCUT2D eigenvalue weighted by Crippen LogP contribution is 2.40. The number of benzene rings is 2. The fraction of sp³-hybridized carbons (Fsp3) is 0.235. The van der Waals surface area contributed by atoms with E-state index in [1.165, 1.54) is 0 Å². The van der Waals surface area contributed by atoms with Crippen molar-refractivity contribution in [2.75, 3.05) is 0 Å². The minimum Gasteiger partial charge on any atom is -0.508 e. The zero-order valence-electron chi connectivity index (χ0n) is 11.9. The Kier molecular flexibility index (Phi) is 3.49. The third-order valence-electron chi connectivity index (χ3n) is 4.14. The van der Waals surface area contributed by atoms with E-state index in [9.17, 15) is 9.90 Å². The van der Waals surface area contributed by atoms with Gasteiger partial charge in [0.1, 0.15) is 5.75 Å². The first-order valence-corrected chi connectivity index (χ1v) is 7.69. The summed E-state index contributed by atoms with van der Waals surface area (Å²) in [6.45, 7) is 4.07. The minimum atomic E-state index is -0.0423. The van der Waals surface area contributed by atoms with E-state index in [0.717, 1.165) is 21.2 Å². The Hall–Kier alpha value is -1.81. The molecule has 108 valence electrons. The van der Waals surface area contributed by atoms with Crippen molar-refractivity contribution in [3.05, 3.63) is 63.6 Å². The van der Waals surface area contributed by atoms with Gasteiger partial charge >= 0.3 is 0 Å². The molecule has 1 aliphatic heterocycles. The molecule has 1 N–H and O–H groups in total. The number of nitrogens with zero attached hydrogens (tertiary/aromatic N) is 1. The van der Waals surface area contributed by atoms with Crippen molar-refractivity contribution in [3.63, 3.8) is 0 Å². The third kappa shape index (κ3) is 2.33. The Bertz CT molecular complexity index is 696. The largest absolute Gasteiger partial charge is 0.508 e. The lowest BCUT2D eigenvalue weighted by molar-refractivity contribution is 0.0659. The molecule has 2 aromatic rings. The SMILES string of the molecule is CC1c2ccc(Br)cc2C(=O)N1[C@H](C)c1ccc(O)cc1. The smallest absolute Gasteiger partial charge is 0.255 e. The van der Waals surface area contributed by atoms with E-state index in [2.05, 4.69) is 22.9 Å². The van der Waals surface area contributed by atoms with Crippen LogP contribution >= 0.6 is 15.9 Å². The van der Waals surface area contributed by atoms with Gasteiger partial charge in [-0.2, -0.15) is 0 Å². The molecule has 4 heteroatoms. The zero-order valence-corrected chi connectivity index (χ0v) is 13.5. The molecular formula is C17H16BrNO2. The van der Waals surface area contributed by atoms with Crippen LogP contribution in [-0.2, 0) is 0 Å². The van der Waals surface area contributed by atoms with E-state index < -0.39 is 0 Å². The monoisotopic (exact) mass is 345 g/mol. The number of hydrogen-bond donors (Lipinski definition) is 1. The van der Waals surface area contributed by atoms with Crippen LogP contribution in [0.1, 0.15) is 47.4 Å². The standard InChI is InChI=1S/C17H16BrNO2/c1-10(12-3-6-14(20)7-4-12)19-11(2)15-8-5-13(18)9-16(15)17(19)21/h3-11,20H,1-2H3/t10-,11?/m1/s1. The van der Waals surface area contributed by atoms with Crippen molar-refractivity contribution >= 4 is 21.8 Å². The fourth-order valence-electron chi connectivity index (χ4n) is 2.97. The highest BCUT2D eigenvalue weighted by atomic mass is 79.9. The lowest BCUT2D eigenvalue weighted by Crippen LogP contribution is -2.29. The second-order valence-corrected chi connectivity index (χ2v) is 6.30. The number of carbonyl (C=O) groups is 1. The summed E-state index contributed by atoms with van der Waals surface area (Å²) >= 11 is 3.42. The van der Waals surface area contributed by atoms with Crippen molar-refractivity contribution in [3.8, 4) is 5.75 Å².